The van der Waals surface area contributed by atoms with Crippen LogP contribution in [0.1, 0.15) is 18.4 Å². The summed E-state index contributed by atoms with van der Waals surface area (Å²) in [5, 5.41) is 7.45. The highest BCUT2D eigenvalue weighted by atomic mass is 16.5. The molecule has 1 N–H and O–H groups in total. The molecule has 3 heterocycles. The van der Waals surface area contributed by atoms with Gasteiger partial charge in [0.15, 0.2) is 0 Å². The van der Waals surface area contributed by atoms with Crippen LogP contribution < -0.4 is 15.0 Å². The van der Waals surface area contributed by atoms with E-state index < -0.39 is 0 Å². The predicted octanol–water partition coefficient (Wildman–Crippen LogP) is 3.33. The number of anilines is 1. The minimum atomic E-state index is 0.00108. The van der Waals surface area contributed by atoms with Gasteiger partial charge in [-0.1, -0.05) is 42.5 Å². The Morgan fingerprint density at radius 2 is 1.85 bits per heavy atom. The first-order valence-corrected chi connectivity index (χ1v) is 11.1. The van der Waals surface area contributed by atoms with E-state index in [1.165, 1.54) is 6.33 Å². The van der Waals surface area contributed by atoms with Gasteiger partial charge in [-0.05, 0) is 30.5 Å². The Bertz CT molecular complexity index is 1230. The molecule has 2 aromatic heterocycles. The number of carbonyl (C=O) groups is 1. The fourth-order valence-electron chi connectivity index (χ4n) is 4.23. The molecule has 0 radical (unpaired) electrons. The van der Waals surface area contributed by atoms with Crippen molar-refractivity contribution < 1.29 is 9.53 Å². The first-order valence-electron chi connectivity index (χ1n) is 11.1. The lowest BCUT2D eigenvalue weighted by atomic mass is 9.95. The summed E-state index contributed by atoms with van der Waals surface area (Å²) in [5.74, 6) is 2.45. The molecule has 168 valence electrons. The number of methoxy groups -OCH3 is 1. The second kappa shape index (κ2) is 9.28. The minimum Gasteiger partial charge on any atom is -0.497 e. The standard InChI is InChI=1S/C25H26N6O2/c1-33-21-9-7-18(8-10-21)16-26-24(32)20-11-13-30(14-12-20)23-15-22(19-5-3-2-4-6-19)29-25-27-17-28-31(23)25/h2-10,15,17,20H,11-14,16H2,1H3,(H,26,32). The largest absolute Gasteiger partial charge is 0.497 e. The molecule has 0 saturated carbocycles. The number of fused-ring (bicyclic) bond motifs is 1. The first kappa shape index (κ1) is 20.9. The summed E-state index contributed by atoms with van der Waals surface area (Å²) in [6, 6.07) is 19.9. The number of ether oxygens (including phenoxy) is 1. The van der Waals surface area contributed by atoms with Crippen molar-refractivity contribution in [3.05, 3.63) is 72.6 Å². The smallest absolute Gasteiger partial charge is 0.254 e. The lowest BCUT2D eigenvalue weighted by Gasteiger charge is -2.33. The van der Waals surface area contributed by atoms with Crippen LogP contribution in [0.4, 0.5) is 5.82 Å². The average Bonchev–Trinajstić information content (AvgIpc) is 3.36. The lowest BCUT2D eigenvalue weighted by molar-refractivity contribution is -0.125. The molecule has 1 amide bonds. The molecule has 33 heavy (non-hydrogen) atoms. The molecule has 0 bridgehead atoms. The maximum atomic E-state index is 12.8. The quantitative estimate of drug-likeness (QED) is 0.493. The zero-order valence-corrected chi connectivity index (χ0v) is 18.5. The van der Waals surface area contributed by atoms with E-state index in [0.717, 1.165) is 54.3 Å². The van der Waals surface area contributed by atoms with Crippen molar-refractivity contribution in [3.63, 3.8) is 0 Å². The number of amides is 1. The third-order valence-electron chi connectivity index (χ3n) is 6.12. The Kier molecular flexibility index (Phi) is 5.89. The summed E-state index contributed by atoms with van der Waals surface area (Å²) in [4.78, 5) is 24.0. The summed E-state index contributed by atoms with van der Waals surface area (Å²) in [7, 11) is 1.64. The van der Waals surface area contributed by atoms with Gasteiger partial charge in [0.2, 0.25) is 5.91 Å². The van der Waals surface area contributed by atoms with Gasteiger partial charge in [-0.15, -0.1) is 0 Å². The van der Waals surface area contributed by atoms with E-state index in [0.29, 0.717) is 12.3 Å². The van der Waals surface area contributed by atoms with Gasteiger partial charge in [0.1, 0.15) is 17.9 Å². The minimum absolute atomic E-state index is 0.00108. The second-order valence-electron chi connectivity index (χ2n) is 8.16. The normalized spacial score (nSPS) is 14.4. The number of carbonyl (C=O) groups excluding carboxylic acids is 1. The SMILES string of the molecule is COc1ccc(CNC(=O)C2CCN(c3cc(-c4ccccc4)nc4ncnn34)CC2)cc1. The number of rotatable bonds is 6. The van der Waals surface area contributed by atoms with E-state index in [-0.39, 0.29) is 11.8 Å². The molecule has 5 rings (SSSR count). The highest BCUT2D eigenvalue weighted by Crippen LogP contribution is 2.27. The monoisotopic (exact) mass is 442 g/mol. The Morgan fingerprint density at radius 3 is 2.58 bits per heavy atom. The van der Waals surface area contributed by atoms with Crippen LogP contribution >= 0.6 is 0 Å². The van der Waals surface area contributed by atoms with Crippen LogP contribution in [0.3, 0.4) is 0 Å². The molecule has 4 aromatic rings. The van der Waals surface area contributed by atoms with Crippen molar-refractivity contribution in [2.45, 2.75) is 19.4 Å². The molecule has 1 aliphatic heterocycles. The predicted molar refractivity (Wildman–Crippen MR) is 126 cm³/mol. The van der Waals surface area contributed by atoms with Crippen molar-refractivity contribution in [1.82, 2.24) is 24.9 Å². The van der Waals surface area contributed by atoms with Gasteiger partial charge in [-0.3, -0.25) is 4.79 Å². The van der Waals surface area contributed by atoms with Crippen LogP contribution in [-0.4, -0.2) is 45.7 Å². The molecular weight excluding hydrogens is 416 g/mol. The van der Waals surface area contributed by atoms with Crippen molar-refractivity contribution in [3.8, 4) is 17.0 Å². The topological polar surface area (TPSA) is 84.6 Å². The van der Waals surface area contributed by atoms with E-state index in [4.69, 9.17) is 4.74 Å². The molecule has 2 aromatic carbocycles. The van der Waals surface area contributed by atoms with E-state index in [9.17, 15) is 4.79 Å². The fraction of sp³-hybridized carbons (Fsp3) is 0.280. The molecule has 0 aliphatic carbocycles. The summed E-state index contributed by atoms with van der Waals surface area (Å²) in [6.45, 7) is 2.06. The van der Waals surface area contributed by atoms with Crippen LogP contribution in [0.5, 0.6) is 5.75 Å². The van der Waals surface area contributed by atoms with Crippen LogP contribution in [0.2, 0.25) is 0 Å². The van der Waals surface area contributed by atoms with Crippen molar-refractivity contribution in [2.24, 2.45) is 5.92 Å². The molecule has 1 fully saturated rings. The highest BCUT2D eigenvalue weighted by molar-refractivity contribution is 5.79. The van der Waals surface area contributed by atoms with Crippen LogP contribution in [-0.2, 0) is 11.3 Å². The van der Waals surface area contributed by atoms with E-state index >= 15 is 0 Å². The Balaban J connectivity index is 1.25. The van der Waals surface area contributed by atoms with Gasteiger partial charge in [-0.2, -0.15) is 14.6 Å². The zero-order valence-electron chi connectivity index (χ0n) is 18.5. The third kappa shape index (κ3) is 4.50. The highest BCUT2D eigenvalue weighted by Gasteiger charge is 2.26. The van der Waals surface area contributed by atoms with Gasteiger partial charge in [0, 0.05) is 37.2 Å². The van der Waals surface area contributed by atoms with Gasteiger partial charge < -0.3 is 15.0 Å². The summed E-state index contributed by atoms with van der Waals surface area (Å²) in [6.07, 6.45) is 3.10. The summed E-state index contributed by atoms with van der Waals surface area (Å²) >= 11 is 0. The van der Waals surface area contributed by atoms with Crippen LogP contribution in [0, 0.1) is 5.92 Å². The number of nitrogens with zero attached hydrogens (tertiary/aromatic N) is 5. The molecule has 0 unspecified atom stereocenters. The fourth-order valence-corrected chi connectivity index (χ4v) is 4.23. The van der Waals surface area contributed by atoms with Gasteiger partial charge in [-0.25, -0.2) is 4.98 Å². The zero-order chi connectivity index (χ0) is 22.6. The molecule has 8 nitrogen and oxygen atoms in total. The third-order valence-corrected chi connectivity index (χ3v) is 6.12. The Labute approximate surface area is 192 Å². The maximum Gasteiger partial charge on any atom is 0.254 e. The average molecular weight is 443 g/mol. The molecule has 1 saturated heterocycles. The summed E-state index contributed by atoms with van der Waals surface area (Å²) < 4.78 is 6.96. The maximum absolute atomic E-state index is 12.8. The van der Waals surface area contributed by atoms with Crippen molar-refractivity contribution >= 4 is 17.5 Å². The van der Waals surface area contributed by atoms with Crippen molar-refractivity contribution in [1.29, 1.82) is 0 Å². The van der Waals surface area contributed by atoms with Crippen LogP contribution in [0.25, 0.3) is 17.0 Å². The second-order valence-corrected chi connectivity index (χ2v) is 8.16. The molecular formula is C25H26N6O2. The Hall–Kier alpha value is -3.94. The number of aromatic nitrogens is 4. The Morgan fingerprint density at radius 1 is 1.09 bits per heavy atom. The molecule has 1 aliphatic rings. The summed E-state index contributed by atoms with van der Waals surface area (Å²) in [5.41, 5.74) is 2.96. The number of piperidine rings is 1. The molecule has 0 spiro atoms. The van der Waals surface area contributed by atoms with Crippen molar-refractivity contribution in [2.75, 3.05) is 25.1 Å². The molecule has 0 atom stereocenters. The van der Waals surface area contributed by atoms with Crippen LogP contribution in [0.15, 0.2) is 67.0 Å². The number of benzene rings is 2. The molecule has 8 heteroatoms. The van der Waals surface area contributed by atoms with Gasteiger partial charge >= 0.3 is 0 Å². The number of hydrogen-bond acceptors (Lipinski definition) is 6. The van der Waals surface area contributed by atoms with E-state index in [1.54, 1.807) is 11.6 Å². The first-order chi connectivity index (χ1) is 16.2. The van der Waals surface area contributed by atoms with Gasteiger partial charge in [0.25, 0.3) is 5.78 Å². The van der Waals surface area contributed by atoms with Gasteiger partial charge in [0.05, 0.1) is 12.8 Å². The van der Waals surface area contributed by atoms with E-state index in [2.05, 4.69) is 31.3 Å². The number of hydrogen-bond donors (Lipinski definition) is 1. The van der Waals surface area contributed by atoms with E-state index in [1.807, 2.05) is 54.6 Å². The number of nitrogens with one attached hydrogen (secondary N) is 1. The lowest BCUT2D eigenvalue weighted by Crippen LogP contribution is -2.41.